The van der Waals surface area contributed by atoms with E-state index in [4.69, 9.17) is 4.98 Å². The van der Waals surface area contributed by atoms with Crippen molar-refractivity contribution in [3.05, 3.63) is 72.1 Å². The van der Waals surface area contributed by atoms with Crippen LogP contribution in [0.4, 0.5) is 11.5 Å². The van der Waals surface area contributed by atoms with Crippen LogP contribution in [0, 0.1) is 6.92 Å². The molecule has 0 aliphatic rings. The standard InChI is InChI=1S/C24H24N6O/c1-15(2)27-22(31)10-7-17-5-4-6-18(11-17)24-25-13-16(3)23(29-24)28-20-8-9-21-19(12-20)14-26-30-21/h4-15H,1-3H3,(H,26,30)(H,27,31)(H,25,28,29)/b10-7+. The van der Waals surface area contributed by atoms with E-state index in [1.165, 1.54) is 6.08 Å². The Labute approximate surface area is 180 Å². The van der Waals surface area contributed by atoms with Gasteiger partial charge in [0, 0.05) is 40.5 Å². The van der Waals surface area contributed by atoms with Gasteiger partial charge in [-0.25, -0.2) is 9.97 Å². The third-order valence-corrected chi connectivity index (χ3v) is 4.68. The lowest BCUT2D eigenvalue weighted by atomic mass is 10.1. The van der Waals surface area contributed by atoms with Gasteiger partial charge in [0.2, 0.25) is 5.91 Å². The first-order chi connectivity index (χ1) is 15.0. The predicted molar refractivity (Wildman–Crippen MR) is 124 cm³/mol. The molecule has 31 heavy (non-hydrogen) atoms. The van der Waals surface area contributed by atoms with Gasteiger partial charge in [-0.05, 0) is 56.7 Å². The molecule has 7 nitrogen and oxygen atoms in total. The molecule has 0 atom stereocenters. The van der Waals surface area contributed by atoms with Gasteiger partial charge >= 0.3 is 0 Å². The summed E-state index contributed by atoms with van der Waals surface area (Å²) in [7, 11) is 0. The second-order valence-corrected chi connectivity index (χ2v) is 7.64. The van der Waals surface area contributed by atoms with E-state index in [-0.39, 0.29) is 11.9 Å². The monoisotopic (exact) mass is 412 g/mol. The molecule has 0 aliphatic heterocycles. The van der Waals surface area contributed by atoms with Crippen molar-refractivity contribution in [2.75, 3.05) is 5.32 Å². The number of carbonyl (C=O) groups excluding carboxylic acids is 1. The number of nitrogens with zero attached hydrogens (tertiary/aromatic N) is 3. The van der Waals surface area contributed by atoms with Crippen LogP contribution in [0.25, 0.3) is 28.4 Å². The van der Waals surface area contributed by atoms with E-state index in [9.17, 15) is 4.79 Å². The maximum absolute atomic E-state index is 11.9. The summed E-state index contributed by atoms with van der Waals surface area (Å²) in [5.74, 6) is 1.23. The van der Waals surface area contributed by atoms with E-state index in [1.807, 2.05) is 63.2 Å². The van der Waals surface area contributed by atoms with Crippen molar-refractivity contribution < 1.29 is 4.79 Å². The van der Waals surface area contributed by atoms with Crippen LogP contribution < -0.4 is 10.6 Å². The van der Waals surface area contributed by atoms with Crippen LogP contribution >= 0.6 is 0 Å². The summed E-state index contributed by atoms with van der Waals surface area (Å²) in [6, 6.07) is 13.9. The summed E-state index contributed by atoms with van der Waals surface area (Å²) in [6.07, 6.45) is 6.92. The molecule has 0 saturated carbocycles. The molecule has 1 amide bonds. The molecule has 3 N–H and O–H groups in total. The molecule has 156 valence electrons. The minimum atomic E-state index is -0.118. The van der Waals surface area contributed by atoms with Crippen LogP contribution in [0.15, 0.2) is 60.9 Å². The lowest BCUT2D eigenvalue weighted by Crippen LogP contribution is -2.28. The van der Waals surface area contributed by atoms with E-state index in [0.717, 1.165) is 39.1 Å². The zero-order valence-electron chi connectivity index (χ0n) is 17.7. The maximum Gasteiger partial charge on any atom is 0.244 e. The molecule has 0 unspecified atom stereocenters. The van der Waals surface area contributed by atoms with Crippen molar-refractivity contribution in [1.82, 2.24) is 25.5 Å². The number of rotatable bonds is 6. The third-order valence-electron chi connectivity index (χ3n) is 4.68. The summed E-state index contributed by atoms with van der Waals surface area (Å²) in [5, 5.41) is 14.3. The number of amides is 1. The van der Waals surface area contributed by atoms with Crippen LogP contribution in [0.1, 0.15) is 25.0 Å². The molecule has 2 heterocycles. The van der Waals surface area contributed by atoms with E-state index in [2.05, 4.69) is 25.8 Å². The van der Waals surface area contributed by atoms with Gasteiger partial charge in [-0.2, -0.15) is 5.10 Å². The molecule has 2 aromatic heterocycles. The molecular weight excluding hydrogens is 388 g/mol. The first-order valence-corrected chi connectivity index (χ1v) is 10.1. The molecular formula is C24H24N6O. The average Bonchev–Trinajstić information content (AvgIpc) is 3.21. The van der Waals surface area contributed by atoms with Crippen LogP contribution in [0.2, 0.25) is 0 Å². The molecule has 2 aromatic carbocycles. The molecule has 0 bridgehead atoms. The Morgan fingerprint density at radius 1 is 1.13 bits per heavy atom. The van der Waals surface area contributed by atoms with E-state index >= 15 is 0 Å². The highest BCUT2D eigenvalue weighted by atomic mass is 16.1. The number of hydrogen-bond donors (Lipinski definition) is 3. The minimum Gasteiger partial charge on any atom is -0.350 e. The molecule has 0 saturated heterocycles. The summed E-state index contributed by atoms with van der Waals surface area (Å²) < 4.78 is 0. The number of H-pyrrole nitrogens is 1. The van der Waals surface area contributed by atoms with Crippen LogP contribution in [0.3, 0.4) is 0 Å². The number of carbonyl (C=O) groups is 1. The molecule has 0 fully saturated rings. The van der Waals surface area contributed by atoms with Gasteiger partial charge in [-0.3, -0.25) is 9.89 Å². The Kier molecular flexibility index (Phi) is 5.75. The summed E-state index contributed by atoms with van der Waals surface area (Å²) in [4.78, 5) is 21.1. The molecule has 4 rings (SSSR count). The number of aryl methyl sites for hydroxylation is 1. The number of anilines is 2. The highest BCUT2D eigenvalue weighted by Crippen LogP contribution is 2.24. The number of aromatic nitrogens is 4. The maximum atomic E-state index is 11.9. The lowest BCUT2D eigenvalue weighted by Gasteiger charge is -2.10. The SMILES string of the molecule is Cc1cnc(-c2cccc(/C=C/C(=O)NC(C)C)c2)nc1Nc1ccc2[nH]ncc2c1. The number of benzene rings is 2. The summed E-state index contributed by atoms with van der Waals surface area (Å²) >= 11 is 0. The largest absolute Gasteiger partial charge is 0.350 e. The second-order valence-electron chi connectivity index (χ2n) is 7.64. The van der Waals surface area contributed by atoms with Gasteiger partial charge < -0.3 is 10.6 Å². The van der Waals surface area contributed by atoms with Gasteiger partial charge in [-0.1, -0.05) is 18.2 Å². The molecule has 0 aliphatic carbocycles. The van der Waals surface area contributed by atoms with Crippen molar-refractivity contribution in [2.24, 2.45) is 0 Å². The van der Waals surface area contributed by atoms with Crippen molar-refractivity contribution in [3.63, 3.8) is 0 Å². The first kappa shape index (κ1) is 20.3. The summed E-state index contributed by atoms with van der Waals surface area (Å²) in [6.45, 7) is 5.83. The molecule has 7 heteroatoms. The zero-order valence-corrected chi connectivity index (χ0v) is 17.7. The van der Waals surface area contributed by atoms with Gasteiger partial charge in [0.1, 0.15) is 5.82 Å². The predicted octanol–water partition coefficient (Wildman–Crippen LogP) is 4.61. The van der Waals surface area contributed by atoms with Gasteiger partial charge in [-0.15, -0.1) is 0 Å². The molecule has 0 spiro atoms. The van der Waals surface area contributed by atoms with Gasteiger partial charge in [0.25, 0.3) is 0 Å². The highest BCUT2D eigenvalue weighted by molar-refractivity contribution is 5.92. The Bertz CT molecular complexity index is 1260. The number of fused-ring (bicyclic) bond motifs is 1. The van der Waals surface area contributed by atoms with Crippen molar-refractivity contribution in [3.8, 4) is 11.4 Å². The average molecular weight is 412 g/mol. The Morgan fingerprint density at radius 3 is 2.84 bits per heavy atom. The third kappa shape index (κ3) is 4.95. The van der Waals surface area contributed by atoms with Crippen LogP contribution in [-0.4, -0.2) is 32.1 Å². The fraction of sp³-hybridized carbons (Fsp3) is 0.167. The zero-order chi connectivity index (χ0) is 21.8. The number of hydrogen-bond acceptors (Lipinski definition) is 5. The quantitative estimate of drug-likeness (QED) is 0.402. The normalized spacial score (nSPS) is 11.4. The summed E-state index contributed by atoms with van der Waals surface area (Å²) in [5.41, 5.74) is 4.63. The fourth-order valence-electron chi connectivity index (χ4n) is 3.15. The molecule has 0 radical (unpaired) electrons. The fourth-order valence-corrected chi connectivity index (χ4v) is 3.15. The topological polar surface area (TPSA) is 95.6 Å². The Balaban J connectivity index is 1.57. The minimum absolute atomic E-state index is 0.101. The number of aromatic amines is 1. The number of nitrogens with one attached hydrogen (secondary N) is 3. The van der Waals surface area contributed by atoms with Crippen LogP contribution in [-0.2, 0) is 4.79 Å². The van der Waals surface area contributed by atoms with Crippen molar-refractivity contribution >= 4 is 34.4 Å². The van der Waals surface area contributed by atoms with Crippen molar-refractivity contribution in [1.29, 1.82) is 0 Å². The van der Waals surface area contributed by atoms with Gasteiger partial charge in [0.05, 0.1) is 11.7 Å². The van der Waals surface area contributed by atoms with Crippen LogP contribution in [0.5, 0.6) is 0 Å². The van der Waals surface area contributed by atoms with Gasteiger partial charge in [0.15, 0.2) is 5.82 Å². The molecule has 4 aromatic rings. The van der Waals surface area contributed by atoms with E-state index in [1.54, 1.807) is 18.5 Å². The lowest BCUT2D eigenvalue weighted by molar-refractivity contribution is -0.116. The van der Waals surface area contributed by atoms with Crippen molar-refractivity contribution in [2.45, 2.75) is 26.8 Å². The van der Waals surface area contributed by atoms with E-state index in [0.29, 0.717) is 5.82 Å². The smallest absolute Gasteiger partial charge is 0.244 e. The highest BCUT2D eigenvalue weighted by Gasteiger charge is 2.08. The van der Waals surface area contributed by atoms with E-state index < -0.39 is 0 Å². The Morgan fingerprint density at radius 2 is 2.00 bits per heavy atom. The first-order valence-electron chi connectivity index (χ1n) is 10.1. The Hall–Kier alpha value is -4.00. The second kappa shape index (κ2) is 8.79.